The van der Waals surface area contributed by atoms with E-state index in [0.717, 1.165) is 0 Å². The van der Waals surface area contributed by atoms with Gasteiger partial charge in [0.2, 0.25) is 0 Å². The number of aromatic nitrogens is 2. The van der Waals surface area contributed by atoms with Crippen molar-refractivity contribution in [1.29, 1.82) is 0 Å². The highest BCUT2D eigenvalue weighted by Crippen LogP contribution is 1.81. The maximum atomic E-state index is 11.1. The van der Waals surface area contributed by atoms with Crippen LogP contribution in [0.15, 0.2) is 15.8 Å². The fourth-order valence-electron chi connectivity index (χ4n) is 0.871. The minimum atomic E-state index is -0.518. The minimum Gasteiger partial charge on any atom is -0.395 e. The van der Waals surface area contributed by atoms with E-state index >= 15 is 0 Å². The summed E-state index contributed by atoms with van der Waals surface area (Å²) in [5.74, 6) is 0. The Morgan fingerprint density at radius 2 is 2.23 bits per heavy atom. The highest BCUT2D eigenvalue weighted by Gasteiger charge is 1.97. The monoisotopic (exact) mass is 185 g/mol. The van der Waals surface area contributed by atoms with Crippen molar-refractivity contribution in [3.05, 3.63) is 32.6 Å². The number of aliphatic hydroxyl groups is 1. The van der Waals surface area contributed by atoms with E-state index in [9.17, 15) is 9.59 Å². The molecule has 0 aliphatic carbocycles. The molecule has 0 fully saturated rings. The van der Waals surface area contributed by atoms with Crippen LogP contribution in [0.3, 0.4) is 0 Å². The number of H-pyrrole nitrogens is 2. The van der Waals surface area contributed by atoms with Crippen LogP contribution in [0.1, 0.15) is 5.56 Å². The number of hydrogen-bond donors (Lipinski definition) is 4. The van der Waals surface area contributed by atoms with E-state index in [0.29, 0.717) is 18.7 Å². The van der Waals surface area contributed by atoms with E-state index in [1.807, 2.05) is 0 Å². The first-order valence-corrected chi connectivity index (χ1v) is 3.86. The Bertz CT molecular complexity index is 368. The van der Waals surface area contributed by atoms with Gasteiger partial charge in [0.15, 0.2) is 0 Å². The molecule has 1 heterocycles. The van der Waals surface area contributed by atoms with Crippen LogP contribution in [0.25, 0.3) is 0 Å². The Morgan fingerprint density at radius 1 is 1.46 bits per heavy atom. The standard InChI is InChI=1S/C7H11N3O3/c11-2-1-8-3-5-4-9-7(13)10-6(5)12/h4,8,11H,1-3H2,(H2,9,10,12,13). The molecule has 0 spiro atoms. The van der Waals surface area contributed by atoms with Crippen LogP contribution >= 0.6 is 0 Å². The second-order valence-corrected chi connectivity index (χ2v) is 2.50. The lowest BCUT2D eigenvalue weighted by Crippen LogP contribution is -2.28. The molecule has 0 unspecified atom stereocenters. The smallest absolute Gasteiger partial charge is 0.325 e. The lowest BCUT2D eigenvalue weighted by molar-refractivity contribution is 0.292. The Kier molecular flexibility index (Phi) is 3.41. The van der Waals surface area contributed by atoms with Gasteiger partial charge in [-0.2, -0.15) is 0 Å². The van der Waals surface area contributed by atoms with Gasteiger partial charge in [-0.05, 0) is 0 Å². The number of hydrogen-bond acceptors (Lipinski definition) is 4. The molecule has 0 radical (unpaired) electrons. The summed E-state index contributed by atoms with van der Waals surface area (Å²) in [6.07, 6.45) is 1.35. The summed E-state index contributed by atoms with van der Waals surface area (Å²) in [4.78, 5) is 26.1. The molecule has 0 amide bonds. The second kappa shape index (κ2) is 4.58. The molecule has 6 heteroatoms. The van der Waals surface area contributed by atoms with Gasteiger partial charge in [0.25, 0.3) is 5.56 Å². The van der Waals surface area contributed by atoms with Crippen molar-refractivity contribution in [3.63, 3.8) is 0 Å². The van der Waals surface area contributed by atoms with Gasteiger partial charge in [-0.25, -0.2) is 4.79 Å². The zero-order valence-corrected chi connectivity index (χ0v) is 6.96. The highest BCUT2D eigenvalue weighted by molar-refractivity contribution is 5.02. The van der Waals surface area contributed by atoms with Crippen LogP contribution in [0.2, 0.25) is 0 Å². The number of rotatable bonds is 4. The van der Waals surface area contributed by atoms with Crippen molar-refractivity contribution in [2.24, 2.45) is 0 Å². The first-order valence-electron chi connectivity index (χ1n) is 3.86. The fraction of sp³-hybridized carbons (Fsp3) is 0.429. The first-order chi connectivity index (χ1) is 6.24. The molecule has 72 valence electrons. The summed E-state index contributed by atoms with van der Waals surface area (Å²) >= 11 is 0. The molecule has 1 rings (SSSR count). The average molecular weight is 185 g/mol. The second-order valence-electron chi connectivity index (χ2n) is 2.50. The van der Waals surface area contributed by atoms with Crippen LogP contribution in [0, 0.1) is 0 Å². The molecular formula is C7H11N3O3. The largest absolute Gasteiger partial charge is 0.395 e. The minimum absolute atomic E-state index is 0.0151. The van der Waals surface area contributed by atoms with Crippen LogP contribution in [-0.4, -0.2) is 28.2 Å². The van der Waals surface area contributed by atoms with Crippen LogP contribution in [0.4, 0.5) is 0 Å². The van der Waals surface area contributed by atoms with Crippen molar-refractivity contribution in [1.82, 2.24) is 15.3 Å². The molecule has 0 saturated carbocycles. The van der Waals surface area contributed by atoms with Gasteiger partial charge in [-0.3, -0.25) is 9.78 Å². The maximum Gasteiger partial charge on any atom is 0.325 e. The number of nitrogens with one attached hydrogen (secondary N) is 3. The average Bonchev–Trinajstić information content (AvgIpc) is 2.09. The zero-order chi connectivity index (χ0) is 9.68. The van der Waals surface area contributed by atoms with Gasteiger partial charge in [-0.1, -0.05) is 0 Å². The van der Waals surface area contributed by atoms with Gasteiger partial charge >= 0.3 is 5.69 Å². The molecule has 6 nitrogen and oxygen atoms in total. The maximum absolute atomic E-state index is 11.1. The summed E-state index contributed by atoms with van der Waals surface area (Å²) in [7, 11) is 0. The van der Waals surface area contributed by atoms with Gasteiger partial charge in [0.05, 0.1) is 6.61 Å². The molecule has 1 aromatic rings. The fourth-order valence-corrected chi connectivity index (χ4v) is 0.871. The van der Waals surface area contributed by atoms with E-state index < -0.39 is 11.2 Å². The zero-order valence-electron chi connectivity index (χ0n) is 6.96. The number of aliphatic hydroxyl groups excluding tert-OH is 1. The van der Waals surface area contributed by atoms with Gasteiger partial charge in [0, 0.05) is 24.8 Å². The third-order valence-corrected chi connectivity index (χ3v) is 1.50. The molecule has 13 heavy (non-hydrogen) atoms. The third-order valence-electron chi connectivity index (χ3n) is 1.50. The van der Waals surface area contributed by atoms with Crippen LogP contribution < -0.4 is 16.6 Å². The Hall–Kier alpha value is -1.40. The molecule has 0 bridgehead atoms. The predicted molar refractivity (Wildman–Crippen MR) is 46.5 cm³/mol. The van der Waals surface area contributed by atoms with Gasteiger partial charge in [-0.15, -0.1) is 0 Å². The van der Waals surface area contributed by atoms with Gasteiger partial charge < -0.3 is 15.4 Å². The van der Waals surface area contributed by atoms with Crippen molar-refractivity contribution in [2.45, 2.75) is 6.54 Å². The van der Waals surface area contributed by atoms with E-state index in [1.54, 1.807) is 0 Å². The van der Waals surface area contributed by atoms with Gasteiger partial charge in [0.1, 0.15) is 0 Å². The van der Waals surface area contributed by atoms with E-state index in [1.165, 1.54) is 6.20 Å². The lowest BCUT2D eigenvalue weighted by atomic mass is 10.3. The first kappa shape index (κ1) is 9.69. The molecule has 1 aromatic heterocycles. The summed E-state index contributed by atoms with van der Waals surface area (Å²) < 4.78 is 0. The van der Waals surface area contributed by atoms with Crippen molar-refractivity contribution in [3.8, 4) is 0 Å². The highest BCUT2D eigenvalue weighted by atomic mass is 16.3. The number of aromatic amines is 2. The Balaban J connectivity index is 2.67. The van der Waals surface area contributed by atoms with E-state index in [-0.39, 0.29) is 6.61 Å². The van der Waals surface area contributed by atoms with Crippen LogP contribution in [-0.2, 0) is 6.54 Å². The molecule has 0 atom stereocenters. The molecule has 0 aliphatic rings. The molecular weight excluding hydrogens is 174 g/mol. The van der Waals surface area contributed by atoms with E-state index in [4.69, 9.17) is 5.11 Å². The topological polar surface area (TPSA) is 98.0 Å². The summed E-state index contributed by atoms with van der Waals surface area (Å²) in [6.45, 7) is 0.756. The summed E-state index contributed by atoms with van der Waals surface area (Å²) in [6, 6.07) is 0. The predicted octanol–water partition coefficient (Wildman–Crippen LogP) is -1.85. The van der Waals surface area contributed by atoms with Crippen molar-refractivity contribution in [2.75, 3.05) is 13.2 Å². The Morgan fingerprint density at radius 3 is 2.85 bits per heavy atom. The van der Waals surface area contributed by atoms with Crippen LogP contribution in [0.5, 0.6) is 0 Å². The molecule has 4 N–H and O–H groups in total. The SMILES string of the molecule is O=c1[nH]cc(CNCCO)c(=O)[nH]1. The Labute approximate surface area is 73.6 Å². The van der Waals surface area contributed by atoms with Crippen molar-refractivity contribution >= 4 is 0 Å². The molecule has 0 aliphatic heterocycles. The third kappa shape index (κ3) is 2.85. The summed E-state index contributed by atoms with van der Waals surface area (Å²) in [5, 5.41) is 11.3. The molecule has 0 saturated heterocycles. The van der Waals surface area contributed by atoms with Crippen molar-refractivity contribution < 1.29 is 5.11 Å². The summed E-state index contributed by atoms with van der Waals surface area (Å²) in [5.41, 5.74) is -0.488. The lowest BCUT2D eigenvalue weighted by Gasteiger charge is -2.00. The normalized spacial score (nSPS) is 10.2. The quantitative estimate of drug-likeness (QED) is 0.414. The molecule has 0 aromatic carbocycles. The van der Waals surface area contributed by atoms with E-state index in [2.05, 4.69) is 15.3 Å².